The van der Waals surface area contributed by atoms with E-state index in [-0.39, 0.29) is 16.9 Å². The number of rotatable bonds is 3. The third-order valence-electron chi connectivity index (χ3n) is 3.61. The third-order valence-corrected chi connectivity index (χ3v) is 3.61. The summed E-state index contributed by atoms with van der Waals surface area (Å²) in [5.41, 5.74) is -1.00. The lowest BCUT2D eigenvalue weighted by molar-refractivity contribution is -0.137. The number of ketones is 1. The first kappa shape index (κ1) is 14.8. The number of carbonyl (C=O) groups excluding carboxylic acids is 1. The Morgan fingerprint density at radius 2 is 1.90 bits per heavy atom. The second kappa shape index (κ2) is 5.05. The minimum Gasteiger partial charge on any atom is -0.370 e. The highest BCUT2D eigenvalue weighted by Gasteiger charge is 2.37. The largest absolute Gasteiger partial charge is 0.416 e. The predicted molar refractivity (Wildman–Crippen MR) is 68.5 cm³/mol. The summed E-state index contributed by atoms with van der Waals surface area (Å²) in [6.45, 7) is 6.11. The van der Waals surface area contributed by atoms with E-state index in [4.69, 9.17) is 4.74 Å². The SMILES string of the molecule is C=C(C(=O)c1ccc(C(F)(F)F)cc1)[C@@]1(C)CCCO1. The molecule has 5 heteroatoms. The average molecular weight is 284 g/mol. The summed E-state index contributed by atoms with van der Waals surface area (Å²) in [5, 5.41) is 0. The van der Waals surface area contributed by atoms with Crippen molar-refractivity contribution in [3.05, 3.63) is 47.5 Å². The van der Waals surface area contributed by atoms with Gasteiger partial charge >= 0.3 is 6.18 Å². The summed E-state index contributed by atoms with van der Waals surface area (Å²) in [6.07, 6.45) is -2.87. The highest BCUT2D eigenvalue weighted by atomic mass is 19.4. The molecular formula is C15H15F3O2. The Bertz CT molecular complexity index is 523. The van der Waals surface area contributed by atoms with Crippen LogP contribution in [-0.4, -0.2) is 18.0 Å². The van der Waals surface area contributed by atoms with Gasteiger partial charge in [0.05, 0.1) is 11.2 Å². The number of alkyl halides is 3. The molecule has 0 aromatic heterocycles. The number of carbonyl (C=O) groups is 1. The van der Waals surface area contributed by atoms with Gasteiger partial charge < -0.3 is 4.74 Å². The van der Waals surface area contributed by atoms with Crippen LogP contribution in [0, 0.1) is 0 Å². The molecular weight excluding hydrogens is 269 g/mol. The van der Waals surface area contributed by atoms with Gasteiger partial charge in [-0.2, -0.15) is 13.2 Å². The molecule has 1 aromatic rings. The zero-order valence-electron chi connectivity index (χ0n) is 11.1. The normalized spacial score (nSPS) is 22.8. The number of hydrogen-bond donors (Lipinski definition) is 0. The zero-order valence-corrected chi connectivity index (χ0v) is 11.1. The average Bonchev–Trinajstić information content (AvgIpc) is 2.84. The minimum absolute atomic E-state index is 0.194. The van der Waals surface area contributed by atoms with Crippen molar-refractivity contribution in [2.24, 2.45) is 0 Å². The summed E-state index contributed by atoms with van der Waals surface area (Å²) in [4.78, 5) is 12.2. The summed E-state index contributed by atoms with van der Waals surface area (Å²) < 4.78 is 42.9. The van der Waals surface area contributed by atoms with Gasteiger partial charge in [0.25, 0.3) is 0 Å². The molecule has 1 fully saturated rings. The predicted octanol–water partition coefficient (Wildman–Crippen LogP) is 4.01. The second-order valence-electron chi connectivity index (χ2n) is 5.07. The Labute approximate surface area is 115 Å². The van der Waals surface area contributed by atoms with Gasteiger partial charge in [0.15, 0.2) is 5.78 Å². The van der Waals surface area contributed by atoms with E-state index in [1.807, 2.05) is 0 Å². The molecule has 0 spiro atoms. The van der Waals surface area contributed by atoms with Gasteiger partial charge in [-0.15, -0.1) is 0 Å². The van der Waals surface area contributed by atoms with Gasteiger partial charge in [-0.05, 0) is 31.9 Å². The highest BCUT2D eigenvalue weighted by Crippen LogP contribution is 2.34. The first-order chi connectivity index (χ1) is 9.24. The first-order valence-electron chi connectivity index (χ1n) is 6.29. The molecule has 1 heterocycles. The molecule has 1 aromatic carbocycles. The van der Waals surface area contributed by atoms with Gasteiger partial charge in [0.1, 0.15) is 0 Å². The van der Waals surface area contributed by atoms with E-state index >= 15 is 0 Å². The molecule has 2 nitrogen and oxygen atoms in total. The van der Waals surface area contributed by atoms with Crippen LogP contribution in [0.25, 0.3) is 0 Å². The van der Waals surface area contributed by atoms with Crippen LogP contribution in [-0.2, 0) is 10.9 Å². The van der Waals surface area contributed by atoms with Gasteiger partial charge in [-0.1, -0.05) is 18.7 Å². The Kier molecular flexibility index (Phi) is 3.73. The van der Waals surface area contributed by atoms with Crippen LogP contribution in [0.2, 0.25) is 0 Å². The van der Waals surface area contributed by atoms with Crippen molar-refractivity contribution in [2.45, 2.75) is 31.5 Å². The number of hydrogen-bond acceptors (Lipinski definition) is 2. The Hall–Kier alpha value is -1.62. The van der Waals surface area contributed by atoms with E-state index in [1.54, 1.807) is 6.92 Å². The van der Waals surface area contributed by atoms with Crippen molar-refractivity contribution in [2.75, 3.05) is 6.61 Å². The number of halogens is 3. The first-order valence-corrected chi connectivity index (χ1v) is 6.29. The fourth-order valence-corrected chi connectivity index (χ4v) is 2.24. The zero-order chi connectivity index (χ0) is 15.0. The molecule has 1 saturated heterocycles. The van der Waals surface area contributed by atoms with E-state index in [1.165, 1.54) is 12.1 Å². The quantitative estimate of drug-likeness (QED) is 0.619. The maximum atomic E-state index is 12.5. The van der Waals surface area contributed by atoms with Crippen molar-refractivity contribution in [3.8, 4) is 0 Å². The van der Waals surface area contributed by atoms with Crippen LogP contribution in [0.5, 0.6) is 0 Å². The molecule has 0 saturated carbocycles. The van der Waals surface area contributed by atoms with Gasteiger partial charge in [-0.3, -0.25) is 4.79 Å². The van der Waals surface area contributed by atoms with Crippen molar-refractivity contribution in [1.82, 2.24) is 0 Å². The number of benzene rings is 1. The smallest absolute Gasteiger partial charge is 0.370 e. The molecule has 0 amide bonds. The third kappa shape index (κ3) is 2.77. The Morgan fingerprint density at radius 1 is 1.30 bits per heavy atom. The summed E-state index contributed by atoms with van der Waals surface area (Å²) >= 11 is 0. The second-order valence-corrected chi connectivity index (χ2v) is 5.07. The molecule has 0 unspecified atom stereocenters. The molecule has 2 rings (SSSR count). The Morgan fingerprint density at radius 3 is 2.35 bits per heavy atom. The van der Waals surface area contributed by atoms with Crippen LogP contribution in [0.3, 0.4) is 0 Å². The van der Waals surface area contributed by atoms with Crippen LogP contribution < -0.4 is 0 Å². The molecule has 0 radical (unpaired) electrons. The van der Waals surface area contributed by atoms with Crippen molar-refractivity contribution < 1.29 is 22.7 Å². The van der Waals surface area contributed by atoms with Crippen LogP contribution in [0.4, 0.5) is 13.2 Å². The number of Topliss-reactive ketones (excluding diaryl/α,β-unsaturated/α-hetero) is 1. The molecule has 108 valence electrons. The molecule has 1 aliphatic rings. The van der Waals surface area contributed by atoms with E-state index in [2.05, 4.69) is 6.58 Å². The lowest BCUT2D eigenvalue weighted by Gasteiger charge is -2.24. The topological polar surface area (TPSA) is 26.3 Å². The number of ether oxygens (including phenoxy) is 1. The molecule has 1 atom stereocenters. The maximum Gasteiger partial charge on any atom is 0.416 e. The standard InChI is InChI=1S/C15H15F3O2/c1-10(14(2)8-3-9-20-14)13(19)11-4-6-12(7-5-11)15(16,17)18/h4-7H,1,3,8-9H2,2H3/t14-/m1/s1. The monoisotopic (exact) mass is 284 g/mol. The lowest BCUT2D eigenvalue weighted by Crippen LogP contribution is -2.30. The lowest BCUT2D eigenvalue weighted by atomic mass is 9.88. The van der Waals surface area contributed by atoms with E-state index in [9.17, 15) is 18.0 Å². The van der Waals surface area contributed by atoms with Crippen molar-refractivity contribution in [3.63, 3.8) is 0 Å². The van der Waals surface area contributed by atoms with E-state index in [0.29, 0.717) is 13.0 Å². The molecule has 0 aliphatic carbocycles. The molecule has 20 heavy (non-hydrogen) atoms. The van der Waals surface area contributed by atoms with Gasteiger partial charge in [0, 0.05) is 17.7 Å². The minimum atomic E-state index is -4.40. The highest BCUT2D eigenvalue weighted by molar-refractivity contribution is 6.09. The van der Waals surface area contributed by atoms with Crippen LogP contribution >= 0.6 is 0 Å². The van der Waals surface area contributed by atoms with Crippen molar-refractivity contribution >= 4 is 5.78 Å². The van der Waals surface area contributed by atoms with Gasteiger partial charge in [0.2, 0.25) is 0 Å². The van der Waals surface area contributed by atoms with Crippen molar-refractivity contribution in [1.29, 1.82) is 0 Å². The maximum absolute atomic E-state index is 12.5. The molecule has 0 N–H and O–H groups in total. The summed E-state index contributed by atoms with van der Waals surface area (Å²) in [5.74, 6) is -0.372. The summed E-state index contributed by atoms with van der Waals surface area (Å²) in [6, 6.07) is 4.15. The fourth-order valence-electron chi connectivity index (χ4n) is 2.24. The van der Waals surface area contributed by atoms with Gasteiger partial charge in [-0.25, -0.2) is 0 Å². The Balaban J connectivity index is 2.19. The van der Waals surface area contributed by atoms with E-state index in [0.717, 1.165) is 18.6 Å². The van der Waals surface area contributed by atoms with Crippen LogP contribution in [0.15, 0.2) is 36.4 Å². The van der Waals surface area contributed by atoms with Crippen LogP contribution in [0.1, 0.15) is 35.7 Å². The molecule has 0 bridgehead atoms. The van der Waals surface area contributed by atoms with E-state index < -0.39 is 17.3 Å². The molecule has 1 aliphatic heterocycles. The fraction of sp³-hybridized carbons (Fsp3) is 0.400. The summed E-state index contributed by atoms with van der Waals surface area (Å²) in [7, 11) is 0.